The first-order valence-corrected chi connectivity index (χ1v) is 7.37. The summed E-state index contributed by atoms with van der Waals surface area (Å²) in [6.45, 7) is 3.47. The summed E-state index contributed by atoms with van der Waals surface area (Å²) < 4.78 is 42.7. The van der Waals surface area contributed by atoms with Crippen LogP contribution in [0.25, 0.3) is 0 Å². The summed E-state index contributed by atoms with van der Waals surface area (Å²) in [6.07, 6.45) is 0. The van der Waals surface area contributed by atoms with Crippen molar-refractivity contribution in [3.8, 4) is 5.75 Å². The smallest absolute Gasteiger partial charge is 0.387 e. The molecule has 0 aliphatic carbocycles. The summed E-state index contributed by atoms with van der Waals surface area (Å²) >= 11 is 0. The molecule has 0 spiro atoms. The molecule has 2 rings (SSSR count). The van der Waals surface area contributed by atoms with Crippen LogP contribution in [-0.4, -0.2) is 6.61 Å². The third kappa shape index (κ3) is 4.73. The zero-order valence-electron chi connectivity index (χ0n) is 13.4. The molecule has 0 aromatic heterocycles. The topological polar surface area (TPSA) is 21.3 Å². The van der Waals surface area contributed by atoms with Crippen LogP contribution < -0.4 is 10.1 Å². The summed E-state index contributed by atoms with van der Waals surface area (Å²) in [5, 5.41) is 3.22. The first-order chi connectivity index (χ1) is 10.9. The maximum Gasteiger partial charge on any atom is 0.387 e. The normalized spacial score (nSPS) is 11.1. The number of hydrogen-bond donors (Lipinski definition) is 1. The van der Waals surface area contributed by atoms with Crippen molar-refractivity contribution in [1.82, 2.24) is 5.32 Å². The number of hydrogen-bond acceptors (Lipinski definition) is 2. The Labute approximate surface area is 134 Å². The SMILES string of the molecule is Cc1ccc(CNCc2cc(C)c(OC(F)F)c(C)c2)cc1F. The van der Waals surface area contributed by atoms with Gasteiger partial charge < -0.3 is 10.1 Å². The van der Waals surface area contributed by atoms with Crippen molar-refractivity contribution in [2.45, 2.75) is 40.5 Å². The second-order valence-electron chi connectivity index (χ2n) is 5.62. The van der Waals surface area contributed by atoms with Crippen LogP contribution in [0.3, 0.4) is 0 Å². The molecule has 0 unspecified atom stereocenters. The van der Waals surface area contributed by atoms with Crippen molar-refractivity contribution in [3.05, 3.63) is 64.0 Å². The molecule has 0 amide bonds. The minimum atomic E-state index is -2.83. The summed E-state index contributed by atoms with van der Waals surface area (Å²) in [5.74, 6) is 0.00819. The molecule has 0 saturated carbocycles. The van der Waals surface area contributed by atoms with Gasteiger partial charge in [-0.15, -0.1) is 0 Å². The van der Waals surface area contributed by atoms with Crippen LogP contribution in [-0.2, 0) is 13.1 Å². The standard InChI is InChI=1S/C18H20F3NO/c1-11-4-5-14(8-16(11)19)9-22-10-15-6-12(2)17(13(3)7-15)23-18(20)21/h4-8,18,22H,9-10H2,1-3H3. The van der Waals surface area contributed by atoms with E-state index in [0.717, 1.165) is 11.1 Å². The Balaban J connectivity index is 1.99. The van der Waals surface area contributed by atoms with Crippen molar-refractivity contribution < 1.29 is 17.9 Å². The second kappa shape index (κ2) is 7.51. The van der Waals surface area contributed by atoms with E-state index in [9.17, 15) is 13.2 Å². The van der Waals surface area contributed by atoms with Crippen LogP contribution in [0, 0.1) is 26.6 Å². The zero-order chi connectivity index (χ0) is 17.0. The van der Waals surface area contributed by atoms with Crippen LogP contribution in [0.2, 0.25) is 0 Å². The number of ether oxygens (including phenoxy) is 1. The molecule has 23 heavy (non-hydrogen) atoms. The van der Waals surface area contributed by atoms with E-state index >= 15 is 0 Å². The molecule has 0 aliphatic rings. The van der Waals surface area contributed by atoms with Gasteiger partial charge in [0.2, 0.25) is 0 Å². The van der Waals surface area contributed by atoms with Gasteiger partial charge in [0.05, 0.1) is 0 Å². The second-order valence-corrected chi connectivity index (χ2v) is 5.62. The number of benzene rings is 2. The molecule has 0 atom stereocenters. The van der Waals surface area contributed by atoms with Gasteiger partial charge in [-0.1, -0.05) is 24.3 Å². The first-order valence-electron chi connectivity index (χ1n) is 7.37. The lowest BCUT2D eigenvalue weighted by Gasteiger charge is -2.14. The van der Waals surface area contributed by atoms with Gasteiger partial charge >= 0.3 is 6.61 Å². The summed E-state index contributed by atoms with van der Waals surface area (Å²) in [6, 6.07) is 8.76. The number of aryl methyl sites for hydroxylation is 3. The van der Waals surface area contributed by atoms with E-state index in [4.69, 9.17) is 0 Å². The number of halogens is 3. The molecule has 124 valence electrons. The Bertz CT molecular complexity index is 663. The van der Waals surface area contributed by atoms with Gasteiger partial charge in [0.15, 0.2) is 0 Å². The van der Waals surface area contributed by atoms with E-state index < -0.39 is 6.61 Å². The van der Waals surface area contributed by atoms with Gasteiger partial charge in [-0.3, -0.25) is 0 Å². The highest BCUT2D eigenvalue weighted by Crippen LogP contribution is 2.26. The molecule has 2 nitrogen and oxygen atoms in total. The summed E-state index contributed by atoms with van der Waals surface area (Å²) in [7, 11) is 0. The molecule has 0 saturated heterocycles. The molecule has 1 N–H and O–H groups in total. The molecular formula is C18H20F3NO. The largest absolute Gasteiger partial charge is 0.434 e. The van der Waals surface area contributed by atoms with E-state index in [1.807, 2.05) is 18.2 Å². The van der Waals surface area contributed by atoms with Crippen molar-refractivity contribution in [2.24, 2.45) is 0 Å². The Hall–Kier alpha value is -2.01. The predicted molar refractivity (Wildman–Crippen MR) is 84.2 cm³/mol. The molecule has 0 bridgehead atoms. The Morgan fingerprint density at radius 3 is 2.09 bits per heavy atom. The molecule has 0 aliphatic heterocycles. The van der Waals surface area contributed by atoms with E-state index in [1.54, 1.807) is 26.8 Å². The predicted octanol–water partition coefficient (Wildman–Crippen LogP) is 4.64. The van der Waals surface area contributed by atoms with Crippen LogP contribution >= 0.6 is 0 Å². The van der Waals surface area contributed by atoms with Crippen molar-refractivity contribution in [2.75, 3.05) is 0 Å². The molecule has 5 heteroatoms. The highest BCUT2D eigenvalue weighted by Gasteiger charge is 2.11. The van der Waals surface area contributed by atoms with Crippen molar-refractivity contribution in [3.63, 3.8) is 0 Å². The maximum atomic E-state index is 13.5. The highest BCUT2D eigenvalue weighted by atomic mass is 19.3. The molecule has 0 fully saturated rings. The monoisotopic (exact) mass is 323 g/mol. The highest BCUT2D eigenvalue weighted by molar-refractivity contribution is 5.43. The zero-order valence-corrected chi connectivity index (χ0v) is 13.4. The Morgan fingerprint density at radius 2 is 1.52 bits per heavy atom. The van der Waals surface area contributed by atoms with Gasteiger partial charge in [-0.05, 0) is 54.7 Å². The summed E-state index contributed by atoms with van der Waals surface area (Å²) in [4.78, 5) is 0. The molecule has 0 radical (unpaired) electrons. The van der Waals surface area contributed by atoms with Gasteiger partial charge in [0, 0.05) is 13.1 Å². The Morgan fingerprint density at radius 1 is 0.913 bits per heavy atom. The van der Waals surface area contributed by atoms with E-state index in [2.05, 4.69) is 10.1 Å². The van der Waals surface area contributed by atoms with Crippen molar-refractivity contribution in [1.29, 1.82) is 0 Å². The fourth-order valence-corrected chi connectivity index (χ4v) is 2.51. The first kappa shape index (κ1) is 17.3. The third-order valence-corrected chi connectivity index (χ3v) is 3.62. The van der Waals surface area contributed by atoms with Crippen molar-refractivity contribution >= 4 is 0 Å². The fraction of sp³-hybridized carbons (Fsp3) is 0.333. The Kier molecular flexibility index (Phi) is 5.66. The van der Waals surface area contributed by atoms with E-state index in [-0.39, 0.29) is 11.6 Å². The average Bonchev–Trinajstić information content (AvgIpc) is 2.46. The minimum Gasteiger partial charge on any atom is -0.434 e. The molecule has 0 heterocycles. The molecular weight excluding hydrogens is 303 g/mol. The average molecular weight is 323 g/mol. The lowest BCUT2D eigenvalue weighted by molar-refractivity contribution is -0.0507. The van der Waals surface area contributed by atoms with Gasteiger partial charge in [0.1, 0.15) is 11.6 Å². The molecule has 2 aromatic rings. The van der Waals surface area contributed by atoms with Gasteiger partial charge in [0.25, 0.3) is 0 Å². The van der Waals surface area contributed by atoms with Crippen LogP contribution in [0.4, 0.5) is 13.2 Å². The minimum absolute atomic E-state index is 0.218. The third-order valence-electron chi connectivity index (χ3n) is 3.62. The lowest BCUT2D eigenvalue weighted by atomic mass is 10.1. The fourth-order valence-electron chi connectivity index (χ4n) is 2.51. The van der Waals surface area contributed by atoms with Crippen LogP contribution in [0.1, 0.15) is 27.8 Å². The lowest BCUT2D eigenvalue weighted by Crippen LogP contribution is -2.13. The number of rotatable bonds is 6. The van der Waals surface area contributed by atoms with E-state index in [0.29, 0.717) is 29.8 Å². The maximum absolute atomic E-state index is 13.5. The quantitative estimate of drug-likeness (QED) is 0.836. The van der Waals surface area contributed by atoms with Crippen LogP contribution in [0.15, 0.2) is 30.3 Å². The van der Waals surface area contributed by atoms with Gasteiger partial charge in [-0.2, -0.15) is 8.78 Å². The van der Waals surface area contributed by atoms with Crippen LogP contribution in [0.5, 0.6) is 5.75 Å². The van der Waals surface area contributed by atoms with Gasteiger partial charge in [-0.25, -0.2) is 4.39 Å². The summed E-state index contributed by atoms with van der Waals surface area (Å²) in [5.41, 5.74) is 3.79. The number of alkyl halides is 2. The molecule has 2 aromatic carbocycles. The van der Waals surface area contributed by atoms with E-state index in [1.165, 1.54) is 6.07 Å². The number of nitrogens with one attached hydrogen (secondary N) is 1.